The number of aromatic nitrogens is 1. The molecule has 0 bridgehead atoms. The molecule has 3 heterocycles. The summed E-state index contributed by atoms with van der Waals surface area (Å²) < 4.78 is 36.1. The molecule has 0 radical (unpaired) electrons. The van der Waals surface area contributed by atoms with Gasteiger partial charge in [-0.25, -0.2) is 13.2 Å². The molecule has 9 heteroatoms. The smallest absolute Gasteiger partial charge is 0.414 e. The number of anilines is 1. The van der Waals surface area contributed by atoms with Gasteiger partial charge in [-0.3, -0.25) is 9.88 Å². The normalized spacial score (nSPS) is 17.6. The third kappa shape index (κ3) is 3.43. The summed E-state index contributed by atoms with van der Waals surface area (Å²) in [5.41, 5.74) is 3.56. The molecule has 1 saturated heterocycles. The van der Waals surface area contributed by atoms with E-state index < -0.39 is 10.0 Å². The number of carbonyl (C=O) groups excluding carboxylic acids is 1. The van der Waals surface area contributed by atoms with Gasteiger partial charge >= 0.3 is 6.09 Å². The lowest BCUT2D eigenvalue weighted by atomic mass is 10.0. The van der Waals surface area contributed by atoms with Gasteiger partial charge in [0.15, 0.2) is 0 Å². The van der Waals surface area contributed by atoms with Gasteiger partial charge in [0.1, 0.15) is 18.5 Å². The zero-order valence-corrected chi connectivity index (χ0v) is 16.5. The van der Waals surface area contributed by atoms with Crippen molar-refractivity contribution in [2.75, 3.05) is 30.8 Å². The fraction of sp³-hybridized carbons (Fsp3) is 0.368. The number of cyclic esters (lactones) is 1. The lowest BCUT2D eigenvalue weighted by molar-refractivity contribution is 0.0760. The predicted molar refractivity (Wildman–Crippen MR) is 104 cm³/mol. The van der Waals surface area contributed by atoms with Crippen molar-refractivity contribution in [3.05, 3.63) is 42.2 Å². The molecule has 0 saturated carbocycles. The number of pyridine rings is 1. The van der Waals surface area contributed by atoms with Crippen LogP contribution in [0.2, 0.25) is 0 Å². The molecule has 1 amide bonds. The number of fused-ring (bicyclic) bond motifs is 1. The monoisotopic (exact) mass is 403 g/mol. The molecule has 0 atom stereocenters. The van der Waals surface area contributed by atoms with E-state index in [-0.39, 0.29) is 24.6 Å². The Labute approximate surface area is 163 Å². The molecule has 0 unspecified atom stereocenters. The number of ether oxygens (including phenoxy) is 2. The highest BCUT2D eigenvalue weighted by Gasteiger charge is 2.36. The number of sulfonamides is 1. The molecule has 0 N–H and O–H groups in total. The van der Waals surface area contributed by atoms with Gasteiger partial charge in [0, 0.05) is 24.4 Å². The molecule has 1 aromatic carbocycles. The van der Waals surface area contributed by atoms with Crippen LogP contribution in [0.25, 0.3) is 11.1 Å². The van der Waals surface area contributed by atoms with Crippen molar-refractivity contribution in [2.24, 2.45) is 0 Å². The average Bonchev–Trinajstić information content (AvgIpc) is 2.67. The van der Waals surface area contributed by atoms with Gasteiger partial charge in [0.2, 0.25) is 10.0 Å². The molecule has 28 heavy (non-hydrogen) atoms. The lowest BCUT2D eigenvalue weighted by Gasteiger charge is -2.37. The van der Waals surface area contributed by atoms with Gasteiger partial charge in [-0.15, -0.1) is 0 Å². The van der Waals surface area contributed by atoms with Crippen molar-refractivity contribution >= 4 is 21.8 Å². The largest absolute Gasteiger partial charge is 0.486 e. The number of hydrogen-bond donors (Lipinski definition) is 0. The Morgan fingerprint density at radius 3 is 2.75 bits per heavy atom. The zero-order chi connectivity index (χ0) is 19.9. The lowest BCUT2D eigenvalue weighted by Crippen LogP contribution is -2.56. The van der Waals surface area contributed by atoms with E-state index in [2.05, 4.69) is 4.98 Å². The summed E-state index contributed by atoms with van der Waals surface area (Å²) in [7, 11) is -1.48. The minimum Gasteiger partial charge on any atom is -0.486 e. The van der Waals surface area contributed by atoms with Gasteiger partial charge in [0.25, 0.3) is 0 Å². The molecule has 1 fully saturated rings. The molecule has 4 rings (SSSR count). The fourth-order valence-electron chi connectivity index (χ4n) is 3.26. The topological polar surface area (TPSA) is 89.0 Å². The third-order valence-electron chi connectivity index (χ3n) is 4.99. The molecule has 2 aromatic rings. The van der Waals surface area contributed by atoms with Crippen molar-refractivity contribution in [1.29, 1.82) is 0 Å². The van der Waals surface area contributed by atoms with Crippen LogP contribution in [0, 0.1) is 0 Å². The van der Waals surface area contributed by atoms with Gasteiger partial charge in [-0.05, 0) is 30.7 Å². The quantitative estimate of drug-likeness (QED) is 0.761. The summed E-state index contributed by atoms with van der Waals surface area (Å²) in [6.07, 6.45) is 2.82. The van der Waals surface area contributed by atoms with Crippen LogP contribution in [0.3, 0.4) is 0 Å². The summed E-state index contributed by atoms with van der Waals surface area (Å²) >= 11 is 0. The maximum atomic E-state index is 11.8. The summed E-state index contributed by atoms with van der Waals surface area (Å²) in [4.78, 5) is 17.4. The van der Waals surface area contributed by atoms with Crippen molar-refractivity contribution in [2.45, 2.75) is 19.6 Å². The summed E-state index contributed by atoms with van der Waals surface area (Å²) in [5, 5.41) is 0. The molecule has 0 aliphatic carbocycles. The Kier molecular flexibility index (Phi) is 4.72. The van der Waals surface area contributed by atoms with Gasteiger partial charge in [-0.1, -0.05) is 6.07 Å². The first-order chi connectivity index (χ1) is 13.4. The zero-order valence-electron chi connectivity index (χ0n) is 15.7. The number of carbonyl (C=O) groups is 1. The van der Waals surface area contributed by atoms with E-state index in [1.54, 1.807) is 26.4 Å². The van der Waals surface area contributed by atoms with E-state index in [9.17, 15) is 13.2 Å². The Morgan fingerprint density at radius 1 is 1.21 bits per heavy atom. The van der Waals surface area contributed by atoms with Gasteiger partial charge in [-0.2, -0.15) is 4.31 Å². The van der Waals surface area contributed by atoms with Gasteiger partial charge in [0.05, 0.1) is 30.7 Å². The molecule has 8 nitrogen and oxygen atoms in total. The minimum absolute atomic E-state index is 0.0968. The van der Waals surface area contributed by atoms with Crippen molar-refractivity contribution in [1.82, 2.24) is 9.29 Å². The molecule has 2 aliphatic rings. The molecular weight excluding hydrogens is 382 g/mol. The summed E-state index contributed by atoms with van der Waals surface area (Å²) in [6, 6.07) is 7.66. The third-order valence-corrected chi connectivity index (χ3v) is 6.80. The van der Waals surface area contributed by atoms with Crippen LogP contribution in [0.1, 0.15) is 12.5 Å². The van der Waals surface area contributed by atoms with Crippen LogP contribution in [-0.4, -0.2) is 55.8 Å². The standard InChI is InChI=1S/C19H21N3O5S/c1-3-28(24,25)22-10-17(11-22)27-16-7-14(8-20-9-16)13-4-5-18-15(6-13)12-26-19(23)21(18)2/h4-9,17H,3,10-12H2,1-2H3. The van der Waals surface area contributed by atoms with Gasteiger partial charge < -0.3 is 9.47 Å². The highest BCUT2D eigenvalue weighted by molar-refractivity contribution is 7.89. The second-order valence-electron chi connectivity index (χ2n) is 6.82. The molecule has 2 aliphatic heterocycles. The average molecular weight is 403 g/mol. The highest BCUT2D eigenvalue weighted by atomic mass is 32.2. The molecule has 148 valence electrons. The number of hydrogen-bond acceptors (Lipinski definition) is 6. The SMILES string of the molecule is CCS(=O)(=O)N1CC(Oc2cncc(-c3ccc4c(c3)COC(=O)N4C)c2)C1. The van der Waals surface area contributed by atoms with E-state index in [4.69, 9.17) is 9.47 Å². The Balaban J connectivity index is 1.49. The first kappa shape index (κ1) is 18.7. The predicted octanol–water partition coefficient (Wildman–Crippen LogP) is 2.25. The molecule has 0 spiro atoms. The fourth-order valence-corrected chi connectivity index (χ4v) is 4.41. The second kappa shape index (κ2) is 7.06. The van der Waals surface area contributed by atoms with Crippen molar-refractivity contribution in [3.63, 3.8) is 0 Å². The van der Waals surface area contributed by atoms with Crippen molar-refractivity contribution < 1.29 is 22.7 Å². The Hall–Kier alpha value is -2.65. The Morgan fingerprint density at radius 2 is 2.00 bits per heavy atom. The number of amides is 1. The maximum absolute atomic E-state index is 11.8. The van der Waals surface area contributed by atoms with Crippen LogP contribution in [0.15, 0.2) is 36.7 Å². The van der Waals surface area contributed by atoms with Crippen LogP contribution < -0.4 is 9.64 Å². The van der Waals surface area contributed by atoms with Crippen LogP contribution >= 0.6 is 0 Å². The van der Waals surface area contributed by atoms with E-state index in [0.29, 0.717) is 18.8 Å². The maximum Gasteiger partial charge on any atom is 0.414 e. The van der Waals surface area contributed by atoms with Crippen LogP contribution in [0.4, 0.5) is 10.5 Å². The van der Waals surface area contributed by atoms with E-state index in [0.717, 1.165) is 22.4 Å². The highest BCUT2D eigenvalue weighted by Crippen LogP contribution is 2.32. The van der Waals surface area contributed by atoms with E-state index in [1.807, 2.05) is 24.3 Å². The second-order valence-corrected chi connectivity index (χ2v) is 9.08. The molecule has 1 aromatic heterocycles. The van der Waals surface area contributed by atoms with Crippen molar-refractivity contribution in [3.8, 4) is 16.9 Å². The van der Waals surface area contributed by atoms with E-state index >= 15 is 0 Å². The first-order valence-electron chi connectivity index (χ1n) is 9.00. The first-order valence-corrected chi connectivity index (χ1v) is 10.6. The van der Waals surface area contributed by atoms with E-state index in [1.165, 1.54) is 9.21 Å². The number of rotatable bonds is 5. The van der Waals surface area contributed by atoms with Crippen LogP contribution in [-0.2, 0) is 21.4 Å². The number of benzene rings is 1. The summed E-state index contributed by atoms with van der Waals surface area (Å²) in [6.45, 7) is 2.59. The molecular formula is C19H21N3O5S. The minimum atomic E-state index is -3.16. The summed E-state index contributed by atoms with van der Waals surface area (Å²) in [5.74, 6) is 0.692. The van der Waals surface area contributed by atoms with Crippen LogP contribution in [0.5, 0.6) is 5.75 Å². The Bertz CT molecular complexity index is 1020. The number of nitrogens with zero attached hydrogens (tertiary/aromatic N) is 3.